The largest absolute Gasteiger partial charge is 0.325 e. The van der Waals surface area contributed by atoms with E-state index in [9.17, 15) is 4.79 Å². The zero-order chi connectivity index (χ0) is 15.1. The molecule has 0 spiro atoms. The fraction of sp³-hybridized carbons (Fsp3) is 0.588. The second kappa shape index (κ2) is 7.85. The van der Waals surface area contributed by atoms with Crippen LogP contribution in [0.25, 0.3) is 0 Å². The number of carbonyl (C=O) groups excluding carboxylic acids is 1. The Bertz CT molecular complexity index is 470. The van der Waals surface area contributed by atoms with E-state index < -0.39 is 0 Å². The molecule has 0 aromatic heterocycles. The van der Waals surface area contributed by atoms with E-state index in [2.05, 4.69) is 16.9 Å². The second-order valence-electron chi connectivity index (χ2n) is 5.97. The lowest BCUT2D eigenvalue weighted by molar-refractivity contribution is -0.115. The summed E-state index contributed by atoms with van der Waals surface area (Å²) in [7, 11) is 0. The topological polar surface area (TPSA) is 41.1 Å². The monoisotopic (exact) mass is 306 g/mol. The number of hydrogen-bond donors (Lipinski definition) is 2. The molecule has 4 heteroatoms. The van der Waals surface area contributed by atoms with E-state index in [1.165, 1.54) is 32.1 Å². The van der Waals surface area contributed by atoms with Gasteiger partial charge in [0.1, 0.15) is 0 Å². The molecule has 0 aliphatic heterocycles. The molecule has 0 saturated heterocycles. The molecule has 0 unspecified atom stereocenters. The third kappa shape index (κ3) is 5.04. The van der Waals surface area contributed by atoms with E-state index in [1.807, 2.05) is 43.0 Å². The van der Waals surface area contributed by atoms with Gasteiger partial charge >= 0.3 is 0 Å². The van der Waals surface area contributed by atoms with Crippen LogP contribution in [0, 0.1) is 6.92 Å². The fourth-order valence-electron chi connectivity index (χ4n) is 2.98. The molecule has 1 fully saturated rings. The number of hydrogen-bond acceptors (Lipinski definition) is 3. The summed E-state index contributed by atoms with van der Waals surface area (Å²) in [6.45, 7) is 3.34. The van der Waals surface area contributed by atoms with Crippen molar-refractivity contribution in [3.8, 4) is 0 Å². The average molecular weight is 306 g/mol. The Morgan fingerprint density at radius 2 is 2.05 bits per heavy atom. The lowest BCUT2D eigenvalue weighted by Crippen LogP contribution is -2.42. The van der Waals surface area contributed by atoms with Crippen LogP contribution in [-0.2, 0) is 4.79 Å². The molecule has 1 aromatic carbocycles. The van der Waals surface area contributed by atoms with Crippen molar-refractivity contribution in [3.63, 3.8) is 0 Å². The SMILES string of the molecule is CSC1(CNCC(=O)Nc2cccc(C)c2)CCCCC1. The number of nitrogens with one attached hydrogen (secondary N) is 2. The molecule has 0 heterocycles. The van der Waals surface area contributed by atoms with Crippen LogP contribution in [0.4, 0.5) is 5.69 Å². The van der Waals surface area contributed by atoms with Crippen molar-refractivity contribution in [1.29, 1.82) is 0 Å². The van der Waals surface area contributed by atoms with Gasteiger partial charge in [-0.3, -0.25) is 4.79 Å². The van der Waals surface area contributed by atoms with Crippen molar-refractivity contribution in [1.82, 2.24) is 5.32 Å². The van der Waals surface area contributed by atoms with Crippen molar-refractivity contribution in [2.45, 2.75) is 43.8 Å². The van der Waals surface area contributed by atoms with E-state index in [0.717, 1.165) is 17.8 Å². The van der Waals surface area contributed by atoms with Crippen LogP contribution in [0.2, 0.25) is 0 Å². The summed E-state index contributed by atoms with van der Waals surface area (Å²) in [6.07, 6.45) is 8.72. The predicted octanol–water partition coefficient (Wildman–Crippen LogP) is 3.59. The normalized spacial score (nSPS) is 17.4. The van der Waals surface area contributed by atoms with Crippen LogP contribution >= 0.6 is 11.8 Å². The van der Waals surface area contributed by atoms with E-state index in [1.54, 1.807) is 0 Å². The minimum absolute atomic E-state index is 0.0349. The van der Waals surface area contributed by atoms with E-state index in [0.29, 0.717) is 11.3 Å². The molecule has 1 aromatic rings. The summed E-state index contributed by atoms with van der Waals surface area (Å²) in [5.74, 6) is 0.0349. The Kier molecular flexibility index (Phi) is 6.12. The molecular weight excluding hydrogens is 280 g/mol. The van der Waals surface area contributed by atoms with Gasteiger partial charge in [-0.1, -0.05) is 31.4 Å². The van der Waals surface area contributed by atoms with Gasteiger partial charge in [0.05, 0.1) is 6.54 Å². The first-order valence-electron chi connectivity index (χ1n) is 7.76. The highest BCUT2D eigenvalue weighted by atomic mass is 32.2. The van der Waals surface area contributed by atoms with Gasteiger partial charge in [-0.2, -0.15) is 11.8 Å². The van der Waals surface area contributed by atoms with Crippen LogP contribution in [0.3, 0.4) is 0 Å². The van der Waals surface area contributed by atoms with Crippen molar-refractivity contribution in [2.24, 2.45) is 0 Å². The van der Waals surface area contributed by atoms with Gasteiger partial charge in [0.2, 0.25) is 5.91 Å². The highest BCUT2D eigenvalue weighted by Gasteiger charge is 2.30. The Labute approximate surface area is 132 Å². The van der Waals surface area contributed by atoms with Gasteiger partial charge in [-0.25, -0.2) is 0 Å². The molecule has 1 amide bonds. The summed E-state index contributed by atoms with van der Waals surface area (Å²) in [4.78, 5) is 12.0. The van der Waals surface area contributed by atoms with Crippen LogP contribution in [0.15, 0.2) is 24.3 Å². The molecule has 3 nitrogen and oxygen atoms in total. The molecule has 0 atom stereocenters. The lowest BCUT2D eigenvalue weighted by Gasteiger charge is -2.36. The fourth-order valence-corrected chi connectivity index (χ4v) is 3.92. The molecular formula is C17H26N2OS. The maximum Gasteiger partial charge on any atom is 0.238 e. The maximum absolute atomic E-state index is 12.0. The van der Waals surface area contributed by atoms with E-state index in [4.69, 9.17) is 0 Å². The number of rotatable bonds is 6. The molecule has 21 heavy (non-hydrogen) atoms. The molecule has 1 aliphatic carbocycles. The molecule has 1 aliphatic rings. The van der Waals surface area contributed by atoms with Crippen LogP contribution in [0.1, 0.15) is 37.7 Å². The van der Waals surface area contributed by atoms with Crippen molar-refractivity contribution < 1.29 is 4.79 Å². The summed E-state index contributed by atoms with van der Waals surface area (Å²) < 4.78 is 0.335. The molecule has 1 saturated carbocycles. The first kappa shape index (κ1) is 16.4. The molecule has 2 rings (SSSR count). The number of amides is 1. The van der Waals surface area contributed by atoms with Gasteiger partial charge in [0, 0.05) is 17.0 Å². The summed E-state index contributed by atoms with van der Waals surface area (Å²) in [5, 5.41) is 6.29. The number of aryl methyl sites for hydroxylation is 1. The Hall–Kier alpha value is -1.00. The Balaban J connectivity index is 1.76. The standard InChI is InChI=1S/C17H26N2OS/c1-14-7-6-8-15(11-14)19-16(20)12-18-13-17(21-2)9-4-3-5-10-17/h6-8,11,18H,3-5,9-10,12-13H2,1-2H3,(H,19,20). The zero-order valence-electron chi connectivity index (χ0n) is 13.1. The maximum atomic E-state index is 12.0. The molecule has 0 bridgehead atoms. The number of anilines is 1. The van der Waals surface area contributed by atoms with Gasteiger partial charge in [-0.05, 0) is 43.7 Å². The van der Waals surface area contributed by atoms with Crippen LogP contribution in [0.5, 0.6) is 0 Å². The van der Waals surface area contributed by atoms with Crippen molar-refractivity contribution in [3.05, 3.63) is 29.8 Å². The first-order chi connectivity index (χ1) is 10.1. The number of thioether (sulfide) groups is 1. The molecule has 0 radical (unpaired) electrons. The van der Waals surface area contributed by atoms with Crippen molar-refractivity contribution >= 4 is 23.4 Å². The van der Waals surface area contributed by atoms with Crippen LogP contribution in [-0.4, -0.2) is 30.0 Å². The summed E-state index contributed by atoms with van der Waals surface area (Å²) in [6, 6.07) is 7.90. The third-order valence-electron chi connectivity index (χ3n) is 4.23. The van der Waals surface area contributed by atoms with E-state index >= 15 is 0 Å². The predicted molar refractivity (Wildman–Crippen MR) is 92.0 cm³/mol. The summed E-state index contributed by atoms with van der Waals surface area (Å²) >= 11 is 1.96. The quantitative estimate of drug-likeness (QED) is 0.844. The highest BCUT2D eigenvalue weighted by molar-refractivity contribution is 8.00. The number of benzene rings is 1. The third-order valence-corrected chi connectivity index (χ3v) is 5.65. The molecule has 2 N–H and O–H groups in total. The van der Waals surface area contributed by atoms with Gasteiger partial charge < -0.3 is 10.6 Å². The lowest BCUT2D eigenvalue weighted by atomic mass is 9.88. The second-order valence-corrected chi connectivity index (χ2v) is 7.24. The van der Waals surface area contributed by atoms with Gasteiger partial charge in [-0.15, -0.1) is 0 Å². The van der Waals surface area contributed by atoms with Crippen LogP contribution < -0.4 is 10.6 Å². The average Bonchev–Trinajstić information content (AvgIpc) is 2.48. The zero-order valence-corrected chi connectivity index (χ0v) is 13.9. The van der Waals surface area contributed by atoms with Gasteiger partial charge in [0.25, 0.3) is 0 Å². The molecule has 116 valence electrons. The first-order valence-corrected chi connectivity index (χ1v) is 8.98. The Morgan fingerprint density at radius 3 is 2.71 bits per heavy atom. The summed E-state index contributed by atoms with van der Waals surface area (Å²) in [5.41, 5.74) is 2.03. The smallest absolute Gasteiger partial charge is 0.238 e. The van der Waals surface area contributed by atoms with E-state index in [-0.39, 0.29) is 5.91 Å². The van der Waals surface area contributed by atoms with Gasteiger partial charge in [0.15, 0.2) is 0 Å². The highest BCUT2D eigenvalue weighted by Crippen LogP contribution is 2.37. The minimum Gasteiger partial charge on any atom is -0.325 e. The Morgan fingerprint density at radius 1 is 1.29 bits per heavy atom. The van der Waals surface area contributed by atoms with Crippen molar-refractivity contribution in [2.75, 3.05) is 24.7 Å². The number of carbonyl (C=O) groups is 1. The minimum atomic E-state index is 0.0349.